The summed E-state index contributed by atoms with van der Waals surface area (Å²) in [5.41, 5.74) is 0.427. The standard InChI is InChI=1S/C18H15ClN2O5S/c1-11(17(22)21-13-8-7-12(10-20)15(19)9-13)26-18(23)14-5-3-4-6-16(14)27(2,24)25/h3-9,11H,1-2H3,(H,21,22)/t11-/m0/s1. The highest BCUT2D eigenvalue weighted by molar-refractivity contribution is 7.90. The molecule has 9 heteroatoms. The maximum absolute atomic E-state index is 12.3. The van der Waals surface area contributed by atoms with Gasteiger partial charge in [0.25, 0.3) is 5.91 Å². The van der Waals surface area contributed by atoms with Crippen molar-refractivity contribution in [3.63, 3.8) is 0 Å². The zero-order chi connectivity index (χ0) is 20.2. The Morgan fingerprint density at radius 1 is 1.22 bits per heavy atom. The molecule has 1 atom stereocenters. The van der Waals surface area contributed by atoms with Gasteiger partial charge in [-0.15, -0.1) is 0 Å². The maximum atomic E-state index is 12.3. The van der Waals surface area contributed by atoms with Gasteiger partial charge in [0, 0.05) is 11.9 Å². The first-order valence-electron chi connectivity index (χ1n) is 7.64. The quantitative estimate of drug-likeness (QED) is 0.764. The number of sulfone groups is 1. The van der Waals surface area contributed by atoms with E-state index < -0.39 is 27.8 Å². The Kier molecular flexibility index (Phi) is 6.20. The monoisotopic (exact) mass is 406 g/mol. The van der Waals surface area contributed by atoms with Gasteiger partial charge in [0.1, 0.15) is 6.07 Å². The Morgan fingerprint density at radius 3 is 2.48 bits per heavy atom. The van der Waals surface area contributed by atoms with E-state index >= 15 is 0 Å². The van der Waals surface area contributed by atoms with E-state index in [2.05, 4.69) is 5.32 Å². The molecule has 1 N–H and O–H groups in total. The Bertz CT molecular complexity index is 1040. The molecule has 0 bridgehead atoms. The number of nitriles is 1. The Morgan fingerprint density at radius 2 is 1.89 bits per heavy atom. The number of amides is 1. The highest BCUT2D eigenvalue weighted by Crippen LogP contribution is 2.21. The van der Waals surface area contributed by atoms with Gasteiger partial charge in [-0.2, -0.15) is 5.26 Å². The molecule has 0 radical (unpaired) electrons. The van der Waals surface area contributed by atoms with Crippen LogP contribution in [0.25, 0.3) is 0 Å². The van der Waals surface area contributed by atoms with E-state index in [1.807, 2.05) is 6.07 Å². The van der Waals surface area contributed by atoms with E-state index in [4.69, 9.17) is 21.6 Å². The number of anilines is 1. The number of nitrogens with zero attached hydrogens (tertiary/aromatic N) is 1. The van der Waals surface area contributed by atoms with Crippen molar-refractivity contribution in [1.82, 2.24) is 0 Å². The van der Waals surface area contributed by atoms with Crippen LogP contribution in [-0.4, -0.2) is 32.7 Å². The highest BCUT2D eigenvalue weighted by atomic mass is 35.5. The van der Waals surface area contributed by atoms with E-state index in [-0.39, 0.29) is 21.0 Å². The molecule has 0 saturated carbocycles. The van der Waals surface area contributed by atoms with Crippen LogP contribution in [-0.2, 0) is 19.4 Å². The number of ether oxygens (including phenoxy) is 1. The summed E-state index contributed by atoms with van der Waals surface area (Å²) < 4.78 is 28.6. The lowest BCUT2D eigenvalue weighted by molar-refractivity contribution is -0.123. The predicted molar refractivity (Wildman–Crippen MR) is 99.2 cm³/mol. The minimum atomic E-state index is -3.64. The fraction of sp³-hybridized carbons (Fsp3) is 0.167. The van der Waals surface area contributed by atoms with E-state index in [9.17, 15) is 18.0 Å². The lowest BCUT2D eigenvalue weighted by Gasteiger charge is -2.15. The minimum absolute atomic E-state index is 0.152. The zero-order valence-corrected chi connectivity index (χ0v) is 16.0. The minimum Gasteiger partial charge on any atom is -0.449 e. The molecule has 0 unspecified atom stereocenters. The molecular formula is C18H15ClN2O5S. The number of carbonyl (C=O) groups excluding carboxylic acids is 2. The van der Waals surface area contributed by atoms with Crippen LogP contribution in [0.5, 0.6) is 0 Å². The third-order valence-electron chi connectivity index (χ3n) is 3.52. The summed E-state index contributed by atoms with van der Waals surface area (Å²) in [6, 6.07) is 11.8. The Hall–Kier alpha value is -2.89. The first kappa shape index (κ1) is 20.4. The van der Waals surface area contributed by atoms with Crippen LogP contribution in [0.15, 0.2) is 47.4 Å². The summed E-state index contributed by atoms with van der Waals surface area (Å²) in [5, 5.41) is 11.5. The maximum Gasteiger partial charge on any atom is 0.340 e. The summed E-state index contributed by atoms with van der Waals surface area (Å²) >= 11 is 5.90. The molecule has 0 heterocycles. The van der Waals surface area contributed by atoms with Crippen LogP contribution in [0.1, 0.15) is 22.8 Å². The smallest absolute Gasteiger partial charge is 0.340 e. The van der Waals surface area contributed by atoms with Gasteiger partial charge in [0.15, 0.2) is 15.9 Å². The lowest BCUT2D eigenvalue weighted by atomic mass is 10.2. The molecule has 7 nitrogen and oxygen atoms in total. The Balaban J connectivity index is 2.12. The van der Waals surface area contributed by atoms with E-state index in [1.165, 1.54) is 49.4 Å². The molecule has 0 aromatic heterocycles. The number of esters is 1. The van der Waals surface area contributed by atoms with Gasteiger partial charge >= 0.3 is 5.97 Å². The molecular weight excluding hydrogens is 392 g/mol. The van der Waals surface area contributed by atoms with E-state index in [0.29, 0.717) is 5.69 Å². The molecule has 1 amide bonds. The second kappa shape index (κ2) is 8.20. The molecule has 2 aromatic carbocycles. The van der Waals surface area contributed by atoms with Gasteiger partial charge in [-0.25, -0.2) is 13.2 Å². The van der Waals surface area contributed by atoms with Gasteiger partial charge in [-0.1, -0.05) is 23.7 Å². The van der Waals surface area contributed by atoms with Gasteiger partial charge in [0.05, 0.1) is 21.0 Å². The first-order chi connectivity index (χ1) is 12.6. The van der Waals surface area contributed by atoms with Crippen LogP contribution in [0.3, 0.4) is 0 Å². The van der Waals surface area contributed by atoms with Crippen molar-refractivity contribution in [2.75, 3.05) is 11.6 Å². The number of hydrogen-bond donors (Lipinski definition) is 1. The van der Waals surface area contributed by atoms with Crippen LogP contribution in [0.4, 0.5) is 5.69 Å². The number of halogens is 1. The van der Waals surface area contributed by atoms with Crippen molar-refractivity contribution in [1.29, 1.82) is 5.26 Å². The third kappa shape index (κ3) is 5.06. The molecule has 0 spiro atoms. The number of nitrogens with one attached hydrogen (secondary N) is 1. The van der Waals surface area contributed by atoms with Crippen molar-refractivity contribution in [2.24, 2.45) is 0 Å². The van der Waals surface area contributed by atoms with Gasteiger partial charge in [-0.05, 0) is 37.3 Å². The van der Waals surface area contributed by atoms with Crippen molar-refractivity contribution >= 4 is 39.0 Å². The number of carbonyl (C=O) groups is 2. The normalized spacial score (nSPS) is 11.9. The van der Waals surface area contributed by atoms with Gasteiger partial charge < -0.3 is 10.1 Å². The highest BCUT2D eigenvalue weighted by Gasteiger charge is 2.24. The second-order valence-corrected chi connectivity index (χ2v) is 8.00. The molecule has 0 aliphatic carbocycles. The summed E-state index contributed by atoms with van der Waals surface area (Å²) in [6.45, 7) is 1.35. The molecule has 140 valence electrons. The van der Waals surface area contributed by atoms with Crippen molar-refractivity contribution in [3.05, 3.63) is 58.6 Å². The summed E-state index contributed by atoms with van der Waals surface area (Å²) in [4.78, 5) is 24.3. The fourth-order valence-electron chi connectivity index (χ4n) is 2.16. The van der Waals surface area contributed by atoms with Crippen LogP contribution in [0.2, 0.25) is 5.02 Å². The molecule has 27 heavy (non-hydrogen) atoms. The number of benzene rings is 2. The molecule has 0 aliphatic heterocycles. The first-order valence-corrected chi connectivity index (χ1v) is 9.91. The van der Waals surface area contributed by atoms with Crippen LogP contribution in [0, 0.1) is 11.3 Å². The average molecular weight is 407 g/mol. The Labute approximate surface area is 161 Å². The van der Waals surface area contributed by atoms with Crippen molar-refractivity contribution in [3.8, 4) is 6.07 Å². The summed E-state index contributed by atoms with van der Waals surface area (Å²) in [7, 11) is -3.64. The van der Waals surface area contributed by atoms with Crippen LogP contribution < -0.4 is 5.32 Å². The van der Waals surface area contributed by atoms with Crippen molar-refractivity contribution in [2.45, 2.75) is 17.9 Å². The molecule has 2 rings (SSSR count). The van der Waals surface area contributed by atoms with E-state index in [1.54, 1.807) is 0 Å². The van der Waals surface area contributed by atoms with E-state index in [0.717, 1.165) is 6.26 Å². The van der Waals surface area contributed by atoms with Crippen LogP contribution >= 0.6 is 11.6 Å². The fourth-order valence-corrected chi connectivity index (χ4v) is 3.26. The molecule has 2 aromatic rings. The predicted octanol–water partition coefficient (Wildman–Crippen LogP) is 2.80. The lowest BCUT2D eigenvalue weighted by Crippen LogP contribution is -2.30. The molecule has 0 saturated heterocycles. The average Bonchev–Trinajstić information content (AvgIpc) is 2.61. The summed E-state index contributed by atoms with van der Waals surface area (Å²) in [6.07, 6.45) is -0.219. The molecule has 0 aliphatic rings. The van der Waals surface area contributed by atoms with Gasteiger partial charge in [0.2, 0.25) is 0 Å². The number of hydrogen-bond acceptors (Lipinski definition) is 6. The van der Waals surface area contributed by atoms with Gasteiger partial charge in [-0.3, -0.25) is 4.79 Å². The third-order valence-corrected chi connectivity index (χ3v) is 4.98. The SMILES string of the molecule is C[C@H](OC(=O)c1ccccc1S(C)(=O)=O)C(=O)Nc1ccc(C#N)c(Cl)c1. The largest absolute Gasteiger partial charge is 0.449 e. The second-order valence-electron chi connectivity index (χ2n) is 5.61. The summed E-state index contributed by atoms with van der Waals surface area (Å²) in [5.74, 6) is -1.57. The molecule has 0 fully saturated rings. The number of rotatable bonds is 5. The zero-order valence-electron chi connectivity index (χ0n) is 14.4. The topological polar surface area (TPSA) is 113 Å². The van der Waals surface area contributed by atoms with Crippen molar-refractivity contribution < 1.29 is 22.7 Å².